The Morgan fingerprint density at radius 2 is 1.23 bits per heavy atom. The molecule has 0 heterocycles. The highest BCUT2D eigenvalue weighted by Crippen LogP contribution is 2.21. The standard InChI is InChI=1S/C19H36O3/c1-14(2)8-6-9-15(3)10-7-11-16(4)12-13-18(20)17(5)19(21)22/h14-17H,6-13H2,1-5H3,(H,21,22). The number of Topliss-reactive ketones (excluding diaryl/α,β-unsaturated/α-hetero) is 1. The van der Waals surface area contributed by atoms with Crippen LogP contribution < -0.4 is 0 Å². The molecule has 0 radical (unpaired) electrons. The van der Waals surface area contributed by atoms with E-state index >= 15 is 0 Å². The highest BCUT2D eigenvalue weighted by Gasteiger charge is 2.20. The Labute approximate surface area is 136 Å². The zero-order valence-electron chi connectivity index (χ0n) is 15.2. The lowest BCUT2D eigenvalue weighted by molar-refractivity contribution is -0.145. The van der Waals surface area contributed by atoms with Gasteiger partial charge < -0.3 is 5.11 Å². The number of rotatable bonds is 13. The van der Waals surface area contributed by atoms with Gasteiger partial charge in [0.1, 0.15) is 11.7 Å². The molecule has 3 nitrogen and oxygen atoms in total. The summed E-state index contributed by atoms with van der Waals surface area (Å²) in [6.07, 6.45) is 8.82. The second-order valence-electron chi connectivity index (χ2n) is 7.53. The van der Waals surface area contributed by atoms with Crippen molar-refractivity contribution < 1.29 is 14.7 Å². The number of hydrogen-bond donors (Lipinski definition) is 1. The molecule has 0 aliphatic heterocycles. The van der Waals surface area contributed by atoms with Crippen molar-refractivity contribution in [2.75, 3.05) is 0 Å². The first kappa shape index (κ1) is 21.1. The van der Waals surface area contributed by atoms with Crippen molar-refractivity contribution in [2.45, 2.75) is 86.0 Å². The minimum Gasteiger partial charge on any atom is -0.481 e. The number of carboxylic acids is 1. The van der Waals surface area contributed by atoms with Gasteiger partial charge in [0, 0.05) is 6.42 Å². The minimum absolute atomic E-state index is 0.138. The van der Waals surface area contributed by atoms with Crippen LogP contribution in [0.25, 0.3) is 0 Å². The van der Waals surface area contributed by atoms with Crippen molar-refractivity contribution in [1.82, 2.24) is 0 Å². The third-order valence-corrected chi connectivity index (χ3v) is 4.61. The number of aliphatic carboxylic acids is 1. The third kappa shape index (κ3) is 10.8. The minimum atomic E-state index is -1.01. The smallest absolute Gasteiger partial charge is 0.313 e. The van der Waals surface area contributed by atoms with Crippen LogP contribution in [0.3, 0.4) is 0 Å². The fraction of sp³-hybridized carbons (Fsp3) is 0.895. The van der Waals surface area contributed by atoms with Crippen LogP contribution in [-0.4, -0.2) is 16.9 Å². The van der Waals surface area contributed by atoms with E-state index in [1.807, 2.05) is 0 Å². The normalized spacial score (nSPS) is 15.5. The molecule has 3 heteroatoms. The molecule has 0 spiro atoms. The molecule has 1 N–H and O–H groups in total. The summed E-state index contributed by atoms with van der Waals surface area (Å²) >= 11 is 0. The van der Waals surface area contributed by atoms with Gasteiger partial charge in [0.05, 0.1) is 0 Å². The van der Waals surface area contributed by atoms with Crippen LogP contribution >= 0.6 is 0 Å². The number of carboxylic acid groups (broad SMARTS) is 1. The first-order valence-corrected chi connectivity index (χ1v) is 8.99. The van der Waals surface area contributed by atoms with Crippen molar-refractivity contribution in [3.8, 4) is 0 Å². The molecule has 3 atom stereocenters. The molecule has 130 valence electrons. The highest BCUT2D eigenvalue weighted by molar-refractivity contribution is 5.97. The molecule has 22 heavy (non-hydrogen) atoms. The Kier molecular flexibility index (Phi) is 11.2. The summed E-state index contributed by atoms with van der Waals surface area (Å²) in [5.74, 6) is 0.104. The molecule has 0 aliphatic rings. The number of carbonyl (C=O) groups excluding carboxylic acids is 1. The zero-order valence-corrected chi connectivity index (χ0v) is 15.2. The van der Waals surface area contributed by atoms with E-state index in [9.17, 15) is 9.59 Å². The quantitative estimate of drug-likeness (QED) is 0.468. The Hall–Kier alpha value is -0.860. The Balaban J connectivity index is 3.70. The van der Waals surface area contributed by atoms with Crippen molar-refractivity contribution in [3.63, 3.8) is 0 Å². The number of ketones is 1. The highest BCUT2D eigenvalue weighted by atomic mass is 16.4. The molecule has 0 saturated heterocycles. The second-order valence-corrected chi connectivity index (χ2v) is 7.53. The molecule has 0 saturated carbocycles. The van der Waals surface area contributed by atoms with Gasteiger partial charge in [-0.15, -0.1) is 0 Å². The van der Waals surface area contributed by atoms with E-state index in [0.717, 1.165) is 24.7 Å². The lowest BCUT2D eigenvalue weighted by Crippen LogP contribution is -2.20. The van der Waals surface area contributed by atoms with E-state index in [1.165, 1.54) is 39.0 Å². The fourth-order valence-corrected chi connectivity index (χ4v) is 2.72. The van der Waals surface area contributed by atoms with E-state index in [-0.39, 0.29) is 5.78 Å². The number of carbonyl (C=O) groups is 2. The van der Waals surface area contributed by atoms with Crippen molar-refractivity contribution in [3.05, 3.63) is 0 Å². The predicted molar refractivity (Wildman–Crippen MR) is 91.9 cm³/mol. The monoisotopic (exact) mass is 312 g/mol. The first-order chi connectivity index (χ1) is 10.2. The van der Waals surface area contributed by atoms with Gasteiger partial charge in [-0.25, -0.2) is 0 Å². The average molecular weight is 312 g/mol. The van der Waals surface area contributed by atoms with Gasteiger partial charge in [-0.2, -0.15) is 0 Å². The van der Waals surface area contributed by atoms with E-state index in [0.29, 0.717) is 12.3 Å². The van der Waals surface area contributed by atoms with Crippen molar-refractivity contribution in [2.24, 2.45) is 23.7 Å². The Bertz CT molecular complexity index is 323. The molecule has 0 bridgehead atoms. The largest absolute Gasteiger partial charge is 0.481 e. The van der Waals surface area contributed by atoms with E-state index in [2.05, 4.69) is 27.7 Å². The van der Waals surface area contributed by atoms with Crippen molar-refractivity contribution >= 4 is 11.8 Å². The van der Waals surface area contributed by atoms with Gasteiger partial charge in [-0.05, 0) is 31.1 Å². The van der Waals surface area contributed by atoms with E-state index < -0.39 is 11.9 Å². The van der Waals surface area contributed by atoms with Gasteiger partial charge in [-0.3, -0.25) is 9.59 Å². The van der Waals surface area contributed by atoms with Crippen LogP contribution in [0.15, 0.2) is 0 Å². The third-order valence-electron chi connectivity index (χ3n) is 4.61. The van der Waals surface area contributed by atoms with Gasteiger partial charge in [0.15, 0.2) is 0 Å². The molecule has 0 aromatic rings. The molecule has 0 amide bonds. The van der Waals surface area contributed by atoms with Crippen LogP contribution in [0.2, 0.25) is 0 Å². The van der Waals surface area contributed by atoms with Crippen LogP contribution in [0.4, 0.5) is 0 Å². The first-order valence-electron chi connectivity index (χ1n) is 8.99. The lowest BCUT2D eigenvalue weighted by atomic mass is 9.91. The van der Waals surface area contributed by atoms with Gasteiger partial charge in [0.25, 0.3) is 0 Å². The van der Waals surface area contributed by atoms with Crippen LogP contribution in [0.5, 0.6) is 0 Å². The molecule has 0 aromatic heterocycles. The predicted octanol–water partition coefficient (Wildman–Crippen LogP) is 5.33. The maximum atomic E-state index is 11.7. The fourth-order valence-electron chi connectivity index (χ4n) is 2.72. The summed E-state index contributed by atoms with van der Waals surface area (Å²) in [6, 6.07) is 0. The molecule has 0 fully saturated rings. The molecule has 0 rings (SSSR count). The van der Waals surface area contributed by atoms with E-state index in [1.54, 1.807) is 0 Å². The summed E-state index contributed by atoms with van der Waals surface area (Å²) in [6.45, 7) is 10.5. The molecular weight excluding hydrogens is 276 g/mol. The average Bonchev–Trinajstić information content (AvgIpc) is 2.43. The molecule has 0 aliphatic carbocycles. The summed E-state index contributed by atoms with van der Waals surface area (Å²) in [7, 11) is 0. The summed E-state index contributed by atoms with van der Waals surface area (Å²) in [5, 5.41) is 8.80. The lowest BCUT2D eigenvalue weighted by Gasteiger charge is -2.15. The maximum absolute atomic E-state index is 11.7. The molecular formula is C19H36O3. The second kappa shape index (κ2) is 11.7. The van der Waals surface area contributed by atoms with Crippen LogP contribution in [0.1, 0.15) is 86.0 Å². The van der Waals surface area contributed by atoms with Crippen LogP contribution in [-0.2, 0) is 9.59 Å². The summed E-state index contributed by atoms with van der Waals surface area (Å²) < 4.78 is 0. The Morgan fingerprint density at radius 3 is 1.68 bits per heavy atom. The molecule has 3 unspecified atom stereocenters. The van der Waals surface area contributed by atoms with Gasteiger partial charge in [0.2, 0.25) is 0 Å². The van der Waals surface area contributed by atoms with Gasteiger partial charge >= 0.3 is 5.97 Å². The Morgan fingerprint density at radius 1 is 0.773 bits per heavy atom. The summed E-state index contributed by atoms with van der Waals surface area (Å²) in [5.41, 5.74) is 0. The van der Waals surface area contributed by atoms with Crippen molar-refractivity contribution in [1.29, 1.82) is 0 Å². The summed E-state index contributed by atoms with van der Waals surface area (Å²) in [4.78, 5) is 22.4. The van der Waals surface area contributed by atoms with E-state index in [4.69, 9.17) is 5.11 Å². The number of hydrogen-bond acceptors (Lipinski definition) is 2. The zero-order chi connectivity index (χ0) is 17.1. The maximum Gasteiger partial charge on any atom is 0.313 e. The molecule has 0 aromatic carbocycles. The van der Waals surface area contributed by atoms with Gasteiger partial charge in [-0.1, -0.05) is 66.2 Å². The topological polar surface area (TPSA) is 54.4 Å². The SMILES string of the molecule is CC(C)CCCC(C)CCCC(C)CCC(=O)C(C)C(=O)O. The van der Waals surface area contributed by atoms with Crippen LogP contribution in [0, 0.1) is 23.7 Å².